The van der Waals surface area contributed by atoms with Gasteiger partial charge in [0.05, 0.1) is 6.26 Å². The zero-order chi connectivity index (χ0) is 14.6. The maximum Gasteiger partial charge on any atom is 0.146 e. The molecule has 0 unspecified atom stereocenters. The highest BCUT2D eigenvalue weighted by atomic mass is 16.5. The Morgan fingerprint density at radius 2 is 1.80 bits per heavy atom. The van der Waals surface area contributed by atoms with Crippen LogP contribution in [0, 0.1) is 6.92 Å². The Kier molecular flexibility index (Phi) is 4.50. The second kappa shape index (κ2) is 6.14. The van der Waals surface area contributed by atoms with E-state index in [0.717, 1.165) is 23.6 Å². The molecule has 0 atom stereocenters. The summed E-state index contributed by atoms with van der Waals surface area (Å²) >= 11 is 0. The molecule has 1 heterocycles. The van der Waals surface area contributed by atoms with E-state index in [1.807, 2.05) is 30.3 Å². The highest BCUT2D eigenvalue weighted by molar-refractivity contribution is 5.27. The lowest BCUT2D eigenvalue weighted by Crippen LogP contribution is -2.35. The molecule has 2 rings (SSSR count). The molecule has 1 aromatic heterocycles. The van der Waals surface area contributed by atoms with Crippen LogP contribution in [-0.4, -0.2) is 5.54 Å². The van der Waals surface area contributed by atoms with Crippen molar-refractivity contribution in [2.24, 2.45) is 0 Å². The fourth-order valence-electron chi connectivity index (χ4n) is 1.79. The smallest absolute Gasteiger partial charge is 0.146 e. The molecule has 0 amide bonds. The van der Waals surface area contributed by atoms with Gasteiger partial charge in [0.15, 0.2) is 0 Å². The second-order valence-electron chi connectivity index (χ2n) is 6.07. The van der Waals surface area contributed by atoms with Crippen molar-refractivity contribution in [3.63, 3.8) is 0 Å². The van der Waals surface area contributed by atoms with Crippen LogP contribution in [0.4, 0.5) is 0 Å². The quantitative estimate of drug-likeness (QED) is 0.892. The fraction of sp³-hybridized carbons (Fsp3) is 0.412. The zero-order valence-electron chi connectivity index (χ0n) is 12.7. The van der Waals surface area contributed by atoms with E-state index in [4.69, 9.17) is 9.15 Å². The third kappa shape index (κ3) is 4.42. The molecule has 0 spiro atoms. The van der Waals surface area contributed by atoms with Crippen molar-refractivity contribution in [2.75, 3.05) is 0 Å². The summed E-state index contributed by atoms with van der Waals surface area (Å²) < 4.78 is 11.3. The van der Waals surface area contributed by atoms with Crippen LogP contribution >= 0.6 is 0 Å². The van der Waals surface area contributed by atoms with Gasteiger partial charge in [0, 0.05) is 17.6 Å². The van der Waals surface area contributed by atoms with Crippen LogP contribution in [0.1, 0.15) is 37.7 Å². The van der Waals surface area contributed by atoms with E-state index in [9.17, 15) is 0 Å². The minimum atomic E-state index is 0.0896. The molecule has 20 heavy (non-hydrogen) atoms. The molecule has 0 radical (unpaired) electrons. The van der Waals surface area contributed by atoms with Gasteiger partial charge in [-0.25, -0.2) is 0 Å². The minimum Gasteiger partial charge on any atom is -0.486 e. The molecule has 3 heteroatoms. The van der Waals surface area contributed by atoms with Crippen LogP contribution in [0.25, 0.3) is 0 Å². The highest BCUT2D eigenvalue weighted by Crippen LogP contribution is 2.17. The Labute approximate surface area is 121 Å². The van der Waals surface area contributed by atoms with Crippen molar-refractivity contribution in [2.45, 2.75) is 46.4 Å². The van der Waals surface area contributed by atoms with Gasteiger partial charge in [-0.2, -0.15) is 0 Å². The molecule has 108 valence electrons. The van der Waals surface area contributed by atoms with Gasteiger partial charge in [-0.05, 0) is 45.9 Å². The standard InChI is InChI=1S/C17H23NO2/c1-13-5-7-15(8-6-13)20-12-16-14(9-10-19-16)11-18-17(2,3)4/h5-10,18H,11-12H2,1-4H3. The first-order valence-electron chi connectivity index (χ1n) is 6.94. The topological polar surface area (TPSA) is 34.4 Å². The lowest BCUT2D eigenvalue weighted by molar-refractivity contribution is 0.267. The molecule has 0 aliphatic heterocycles. The second-order valence-corrected chi connectivity index (χ2v) is 6.07. The van der Waals surface area contributed by atoms with E-state index in [-0.39, 0.29) is 5.54 Å². The Morgan fingerprint density at radius 1 is 1.10 bits per heavy atom. The SMILES string of the molecule is Cc1ccc(OCc2occc2CNC(C)(C)C)cc1. The van der Waals surface area contributed by atoms with Crippen LogP contribution in [-0.2, 0) is 13.2 Å². The van der Waals surface area contributed by atoms with Crippen LogP contribution in [0.5, 0.6) is 5.75 Å². The van der Waals surface area contributed by atoms with Gasteiger partial charge < -0.3 is 14.5 Å². The molecule has 1 N–H and O–H groups in total. The van der Waals surface area contributed by atoms with Gasteiger partial charge in [0.2, 0.25) is 0 Å². The average molecular weight is 273 g/mol. The monoisotopic (exact) mass is 273 g/mol. The Hall–Kier alpha value is -1.74. The molecule has 0 saturated heterocycles. The van der Waals surface area contributed by atoms with E-state index in [1.54, 1.807) is 6.26 Å². The van der Waals surface area contributed by atoms with Gasteiger partial charge in [-0.1, -0.05) is 17.7 Å². The number of hydrogen-bond acceptors (Lipinski definition) is 3. The minimum absolute atomic E-state index is 0.0896. The third-order valence-electron chi connectivity index (χ3n) is 3.04. The van der Waals surface area contributed by atoms with Crippen molar-refractivity contribution in [1.29, 1.82) is 0 Å². The average Bonchev–Trinajstić information content (AvgIpc) is 2.82. The predicted octanol–water partition coefficient (Wildman–Crippen LogP) is 4.06. The summed E-state index contributed by atoms with van der Waals surface area (Å²) in [5.74, 6) is 1.74. The Balaban J connectivity index is 1.93. The van der Waals surface area contributed by atoms with Crippen LogP contribution in [0.3, 0.4) is 0 Å². The summed E-state index contributed by atoms with van der Waals surface area (Å²) in [6.07, 6.45) is 1.72. The first kappa shape index (κ1) is 14.7. The van der Waals surface area contributed by atoms with E-state index >= 15 is 0 Å². The lowest BCUT2D eigenvalue weighted by atomic mass is 10.1. The summed E-state index contributed by atoms with van der Waals surface area (Å²) in [4.78, 5) is 0. The highest BCUT2D eigenvalue weighted by Gasteiger charge is 2.12. The van der Waals surface area contributed by atoms with Gasteiger partial charge in [0.1, 0.15) is 18.1 Å². The van der Waals surface area contributed by atoms with Crippen LogP contribution in [0.2, 0.25) is 0 Å². The van der Waals surface area contributed by atoms with Crippen molar-refractivity contribution < 1.29 is 9.15 Å². The number of ether oxygens (including phenoxy) is 1. The maximum atomic E-state index is 5.76. The molecular formula is C17H23NO2. The van der Waals surface area contributed by atoms with Crippen LogP contribution < -0.4 is 10.1 Å². The first-order chi connectivity index (χ1) is 9.44. The molecule has 2 aromatic rings. The number of benzene rings is 1. The largest absolute Gasteiger partial charge is 0.486 e. The predicted molar refractivity (Wildman–Crippen MR) is 80.8 cm³/mol. The van der Waals surface area contributed by atoms with Crippen molar-refractivity contribution in [1.82, 2.24) is 5.32 Å². The molecule has 0 saturated carbocycles. The summed E-state index contributed by atoms with van der Waals surface area (Å²) in [5, 5.41) is 3.45. The van der Waals surface area contributed by atoms with Gasteiger partial charge in [0.25, 0.3) is 0 Å². The normalized spacial score (nSPS) is 11.6. The Morgan fingerprint density at radius 3 is 2.45 bits per heavy atom. The zero-order valence-corrected chi connectivity index (χ0v) is 12.7. The van der Waals surface area contributed by atoms with Gasteiger partial charge in [-0.15, -0.1) is 0 Å². The van der Waals surface area contributed by atoms with E-state index in [1.165, 1.54) is 5.56 Å². The van der Waals surface area contributed by atoms with Gasteiger partial charge >= 0.3 is 0 Å². The van der Waals surface area contributed by atoms with Crippen molar-refractivity contribution in [3.05, 3.63) is 53.5 Å². The number of nitrogens with one attached hydrogen (secondary N) is 1. The summed E-state index contributed by atoms with van der Waals surface area (Å²) in [6, 6.07) is 10.0. The molecule has 0 aliphatic rings. The van der Waals surface area contributed by atoms with Gasteiger partial charge in [-0.3, -0.25) is 0 Å². The fourth-order valence-corrected chi connectivity index (χ4v) is 1.79. The molecule has 0 fully saturated rings. The van der Waals surface area contributed by atoms with E-state index < -0.39 is 0 Å². The van der Waals surface area contributed by atoms with Crippen molar-refractivity contribution in [3.8, 4) is 5.75 Å². The number of hydrogen-bond donors (Lipinski definition) is 1. The summed E-state index contributed by atoms with van der Waals surface area (Å²) in [7, 11) is 0. The van der Waals surface area contributed by atoms with E-state index in [0.29, 0.717) is 6.61 Å². The van der Waals surface area contributed by atoms with Crippen molar-refractivity contribution >= 4 is 0 Å². The number of rotatable bonds is 5. The summed E-state index contributed by atoms with van der Waals surface area (Å²) in [5.41, 5.74) is 2.46. The molecular weight excluding hydrogens is 250 g/mol. The number of furan rings is 1. The maximum absolute atomic E-state index is 5.76. The van der Waals surface area contributed by atoms with Crippen LogP contribution in [0.15, 0.2) is 41.0 Å². The van der Waals surface area contributed by atoms with E-state index in [2.05, 4.69) is 33.0 Å². The lowest BCUT2D eigenvalue weighted by Gasteiger charge is -2.20. The molecule has 0 bridgehead atoms. The first-order valence-corrected chi connectivity index (χ1v) is 6.94. The molecule has 0 aliphatic carbocycles. The third-order valence-corrected chi connectivity index (χ3v) is 3.04. The molecule has 1 aromatic carbocycles. The molecule has 3 nitrogen and oxygen atoms in total. The Bertz CT molecular complexity index is 535. The number of aryl methyl sites for hydroxylation is 1. The summed E-state index contributed by atoms with van der Waals surface area (Å²) in [6.45, 7) is 9.75.